The van der Waals surface area contributed by atoms with E-state index in [1.54, 1.807) is 18.6 Å². The molecule has 2 saturated heterocycles. The number of pyridine rings is 1. The maximum atomic E-state index is 12.6. The minimum absolute atomic E-state index is 0.0646. The van der Waals surface area contributed by atoms with Crippen LogP contribution in [0.4, 0.5) is 5.82 Å². The second-order valence-corrected chi connectivity index (χ2v) is 8.05. The van der Waals surface area contributed by atoms with Gasteiger partial charge in [0.1, 0.15) is 11.6 Å². The highest BCUT2D eigenvalue weighted by Gasteiger charge is 2.22. The van der Waals surface area contributed by atoms with Crippen molar-refractivity contribution in [1.29, 1.82) is 0 Å². The highest BCUT2D eigenvalue weighted by molar-refractivity contribution is 6.33. The lowest BCUT2D eigenvalue weighted by atomic mass is 9.92. The van der Waals surface area contributed by atoms with E-state index < -0.39 is 0 Å². The number of hydrogen-bond donors (Lipinski definition) is 2. The van der Waals surface area contributed by atoms with Crippen molar-refractivity contribution in [3.05, 3.63) is 35.4 Å². The molecule has 2 atom stereocenters. The van der Waals surface area contributed by atoms with Crippen molar-refractivity contribution in [3.8, 4) is 11.3 Å². The monoisotopic (exact) mass is 415 g/mol. The minimum Gasteiger partial charge on any atom is -0.376 e. The first kappa shape index (κ1) is 20.2. The van der Waals surface area contributed by atoms with Gasteiger partial charge in [-0.05, 0) is 38.3 Å². The molecule has 7 nitrogen and oxygen atoms in total. The van der Waals surface area contributed by atoms with Crippen LogP contribution in [0.2, 0.25) is 5.02 Å². The second kappa shape index (κ2) is 9.61. The second-order valence-electron chi connectivity index (χ2n) is 7.65. The van der Waals surface area contributed by atoms with Crippen molar-refractivity contribution in [2.24, 2.45) is 5.92 Å². The maximum Gasteiger partial charge on any atom is 0.145 e. The molecule has 0 aromatic carbocycles. The zero-order valence-corrected chi connectivity index (χ0v) is 17.1. The number of rotatable bonds is 7. The number of ketones is 1. The van der Waals surface area contributed by atoms with Crippen LogP contribution in [-0.2, 0) is 16.0 Å². The molecule has 0 unspecified atom stereocenters. The molecule has 2 aliphatic heterocycles. The molecule has 0 radical (unpaired) electrons. The minimum atomic E-state index is 0.0646. The van der Waals surface area contributed by atoms with Crippen LogP contribution in [-0.4, -0.2) is 53.1 Å². The number of nitrogens with zero attached hydrogens (tertiary/aromatic N) is 3. The van der Waals surface area contributed by atoms with Gasteiger partial charge in [-0.2, -0.15) is 0 Å². The Morgan fingerprint density at radius 1 is 1.28 bits per heavy atom. The SMILES string of the molecule is O=C(Cc1cc(-c2cncc(NC[C@H]3CCCO3)n2)c(Cl)cn1)[C@@H]1CCCNC1. The van der Waals surface area contributed by atoms with E-state index >= 15 is 0 Å². The molecular formula is C21H26ClN5O2. The highest BCUT2D eigenvalue weighted by Crippen LogP contribution is 2.27. The Hall–Kier alpha value is -2.09. The normalized spacial score (nSPS) is 21.8. The smallest absolute Gasteiger partial charge is 0.145 e. The van der Waals surface area contributed by atoms with Crippen LogP contribution >= 0.6 is 11.6 Å². The molecule has 2 aromatic heterocycles. The van der Waals surface area contributed by atoms with E-state index in [2.05, 4.69) is 25.6 Å². The van der Waals surface area contributed by atoms with Crippen LogP contribution in [0.1, 0.15) is 31.4 Å². The number of halogens is 1. The molecular weight excluding hydrogens is 390 g/mol. The summed E-state index contributed by atoms with van der Waals surface area (Å²) >= 11 is 6.38. The molecule has 4 rings (SSSR count). The summed E-state index contributed by atoms with van der Waals surface area (Å²) in [6, 6.07) is 1.85. The molecule has 2 aromatic rings. The summed E-state index contributed by atoms with van der Waals surface area (Å²) < 4.78 is 5.63. The fraction of sp³-hybridized carbons (Fsp3) is 0.524. The number of carbonyl (C=O) groups is 1. The van der Waals surface area contributed by atoms with E-state index in [0.717, 1.165) is 50.9 Å². The molecule has 0 saturated carbocycles. The summed E-state index contributed by atoms with van der Waals surface area (Å²) in [5.74, 6) is 0.961. The largest absolute Gasteiger partial charge is 0.376 e. The van der Waals surface area contributed by atoms with Crippen LogP contribution in [0.25, 0.3) is 11.3 Å². The number of anilines is 1. The summed E-state index contributed by atoms with van der Waals surface area (Å²) in [5.41, 5.74) is 2.10. The van der Waals surface area contributed by atoms with Gasteiger partial charge in [0, 0.05) is 49.5 Å². The fourth-order valence-electron chi connectivity index (χ4n) is 3.83. The lowest BCUT2D eigenvalue weighted by Crippen LogP contribution is -2.35. The molecule has 29 heavy (non-hydrogen) atoms. The molecule has 2 fully saturated rings. The molecule has 4 heterocycles. The van der Waals surface area contributed by atoms with Gasteiger partial charge >= 0.3 is 0 Å². The fourth-order valence-corrected chi connectivity index (χ4v) is 4.03. The number of piperidine rings is 1. The number of aromatic nitrogens is 3. The van der Waals surface area contributed by atoms with Gasteiger partial charge in [0.15, 0.2) is 0 Å². The Balaban J connectivity index is 1.46. The molecule has 0 aliphatic carbocycles. The van der Waals surface area contributed by atoms with Gasteiger partial charge < -0.3 is 15.4 Å². The van der Waals surface area contributed by atoms with E-state index in [1.807, 2.05) is 6.07 Å². The first-order valence-corrected chi connectivity index (χ1v) is 10.6. The summed E-state index contributed by atoms with van der Waals surface area (Å²) in [4.78, 5) is 25.9. The van der Waals surface area contributed by atoms with Gasteiger partial charge in [-0.15, -0.1) is 0 Å². The van der Waals surface area contributed by atoms with Crippen molar-refractivity contribution in [3.63, 3.8) is 0 Å². The van der Waals surface area contributed by atoms with Crippen molar-refractivity contribution < 1.29 is 9.53 Å². The Labute approximate surface area is 175 Å². The third-order valence-corrected chi connectivity index (χ3v) is 5.77. The molecule has 2 aliphatic rings. The lowest BCUT2D eigenvalue weighted by Gasteiger charge is -2.21. The Morgan fingerprint density at radius 2 is 2.21 bits per heavy atom. The Bertz CT molecular complexity index is 851. The van der Waals surface area contributed by atoms with E-state index in [4.69, 9.17) is 16.3 Å². The topological polar surface area (TPSA) is 89.0 Å². The number of ether oxygens (including phenoxy) is 1. The third kappa shape index (κ3) is 5.29. The van der Waals surface area contributed by atoms with E-state index in [0.29, 0.717) is 35.2 Å². The number of nitrogens with one attached hydrogen (secondary N) is 2. The number of carbonyl (C=O) groups excluding carboxylic acids is 1. The van der Waals surface area contributed by atoms with Crippen LogP contribution < -0.4 is 10.6 Å². The molecule has 154 valence electrons. The number of Topliss-reactive ketones (excluding diaryl/α,β-unsaturated/α-hetero) is 1. The van der Waals surface area contributed by atoms with Gasteiger partial charge in [-0.1, -0.05) is 11.6 Å². The molecule has 0 amide bonds. The predicted molar refractivity (Wildman–Crippen MR) is 112 cm³/mol. The van der Waals surface area contributed by atoms with Gasteiger partial charge in [0.2, 0.25) is 0 Å². The van der Waals surface area contributed by atoms with E-state index in [1.165, 1.54) is 0 Å². The molecule has 2 N–H and O–H groups in total. The van der Waals surface area contributed by atoms with Crippen LogP contribution in [0.5, 0.6) is 0 Å². The maximum absolute atomic E-state index is 12.6. The Kier molecular flexibility index (Phi) is 6.69. The average Bonchev–Trinajstić information content (AvgIpc) is 3.28. The summed E-state index contributed by atoms with van der Waals surface area (Å²) in [6.07, 6.45) is 9.62. The zero-order valence-electron chi connectivity index (χ0n) is 16.4. The highest BCUT2D eigenvalue weighted by atomic mass is 35.5. The van der Waals surface area contributed by atoms with Gasteiger partial charge in [-0.3, -0.25) is 14.8 Å². The van der Waals surface area contributed by atoms with Crippen molar-refractivity contribution in [2.75, 3.05) is 31.6 Å². The van der Waals surface area contributed by atoms with Crippen molar-refractivity contribution in [1.82, 2.24) is 20.3 Å². The average molecular weight is 416 g/mol. The molecule has 0 spiro atoms. The first-order valence-electron chi connectivity index (χ1n) is 10.2. The summed E-state index contributed by atoms with van der Waals surface area (Å²) in [6.45, 7) is 3.27. The van der Waals surface area contributed by atoms with Gasteiger partial charge in [-0.25, -0.2) is 4.98 Å². The standard InChI is InChI=1S/C21H26ClN5O2/c22-18-11-25-15(8-20(28)14-3-1-5-23-9-14)7-17(18)19-12-24-13-21(27-19)26-10-16-4-2-6-29-16/h7,11-14,16,23H,1-6,8-10H2,(H,26,27)/t14-,16-/m1/s1. The summed E-state index contributed by atoms with van der Waals surface area (Å²) in [5, 5.41) is 7.07. The number of hydrogen-bond acceptors (Lipinski definition) is 7. The lowest BCUT2D eigenvalue weighted by molar-refractivity contribution is -0.122. The van der Waals surface area contributed by atoms with Crippen LogP contribution in [0, 0.1) is 5.92 Å². The predicted octanol–water partition coefficient (Wildman–Crippen LogP) is 2.89. The van der Waals surface area contributed by atoms with E-state index in [9.17, 15) is 4.79 Å². The van der Waals surface area contributed by atoms with E-state index in [-0.39, 0.29) is 17.8 Å². The molecule has 8 heteroatoms. The summed E-state index contributed by atoms with van der Waals surface area (Å²) in [7, 11) is 0. The zero-order chi connectivity index (χ0) is 20.1. The van der Waals surface area contributed by atoms with Crippen molar-refractivity contribution >= 4 is 23.2 Å². The van der Waals surface area contributed by atoms with Gasteiger partial charge in [0.25, 0.3) is 0 Å². The Morgan fingerprint density at radius 3 is 3.00 bits per heavy atom. The van der Waals surface area contributed by atoms with Crippen molar-refractivity contribution in [2.45, 2.75) is 38.2 Å². The quantitative estimate of drug-likeness (QED) is 0.718. The van der Waals surface area contributed by atoms with Gasteiger partial charge in [0.05, 0.1) is 29.2 Å². The van der Waals surface area contributed by atoms with Crippen LogP contribution in [0.3, 0.4) is 0 Å². The van der Waals surface area contributed by atoms with Crippen LogP contribution in [0.15, 0.2) is 24.7 Å². The molecule has 0 bridgehead atoms. The third-order valence-electron chi connectivity index (χ3n) is 5.46. The first-order chi connectivity index (χ1) is 14.2.